The Labute approximate surface area is 160 Å². The number of esters is 1. The van der Waals surface area contributed by atoms with Gasteiger partial charge < -0.3 is 15.4 Å². The van der Waals surface area contributed by atoms with Gasteiger partial charge in [0.25, 0.3) is 11.8 Å². The summed E-state index contributed by atoms with van der Waals surface area (Å²) in [6.07, 6.45) is -1.19. The average molecular weight is 428 g/mol. The second kappa shape index (κ2) is 9.91. The molecule has 0 radical (unpaired) electrons. The van der Waals surface area contributed by atoms with E-state index in [-0.39, 0.29) is 5.92 Å². The SMILES string of the molecule is CNC(=O)NC(=O)C(C)OC(=O)[C@@H](NC(=O)c1ccccc1Br)C(C)C. The molecule has 1 aromatic carbocycles. The second-order valence-corrected chi connectivity index (χ2v) is 6.68. The van der Waals surface area contributed by atoms with E-state index in [9.17, 15) is 19.2 Å². The maximum Gasteiger partial charge on any atom is 0.329 e. The van der Waals surface area contributed by atoms with Gasteiger partial charge >= 0.3 is 12.0 Å². The van der Waals surface area contributed by atoms with Crippen molar-refractivity contribution in [2.45, 2.75) is 32.9 Å². The Morgan fingerprint density at radius 2 is 1.69 bits per heavy atom. The summed E-state index contributed by atoms with van der Waals surface area (Å²) < 4.78 is 5.68. The van der Waals surface area contributed by atoms with Crippen molar-refractivity contribution in [1.82, 2.24) is 16.0 Å². The van der Waals surface area contributed by atoms with E-state index in [1.807, 2.05) is 5.32 Å². The van der Waals surface area contributed by atoms with Gasteiger partial charge in [-0.05, 0) is 40.9 Å². The molecular weight excluding hydrogens is 406 g/mol. The number of amides is 4. The van der Waals surface area contributed by atoms with Crippen LogP contribution in [0.25, 0.3) is 0 Å². The van der Waals surface area contributed by atoms with Gasteiger partial charge in [0.1, 0.15) is 6.04 Å². The van der Waals surface area contributed by atoms with Crippen LogP contribution in [0.5, 0.6) is 0 Å². The van der Waals surface area contributed by atoms with Crippen LogP contribution in [0.3, 0.4) is 0 Å². The minimum absolute atomic E-state index is 0.275. The van der Waals surface area contributed by atoms with Crippen molar-refractivity contribution >= 4 is 39.7 Å². The second-order valence-electron chi connectivity index (χ2n) is 5.82. The number of hydrogen-bond donors (Lipinski definition) is 3. The molecule has 0 bridgehead atoms. The summed E-state index contributed by atoms with van der Waals surface area (Å²) in [5.74, 6) is -2.25. The standard InChI is InChI=1S/C17H22BrN3O5/c1-9(2)13(20-15(23)11-7-5-6-8-12(11)18)16(24)26-10(3)14(22)21-17(25)19-4/h5-10,13H,1-4H3,(H,20,23)(H2,19,21,22,25)/t10?,13-/m0/s1. The summed E-state index contributed by atoms with van der Waals surface area (Å²) in [5, 5.41) is 6.85. The minimum atomic E-state index is -1.19. The lowest BCUT2D eigenvalue weighted by Crippen LogP contribution is -2.49. The summed E-state index contributed by atoms with van der Waals surface area (Å²) in [4.78, 5) is 47.7. The van der Waals surface area contributed by atoms with E-state index >= 15 is 0 Å². The summed E-state index contributed by atoms with van der Waals surface area (Å²) in [7, 11) is 1.35. The lowest BCUT2D eigenvalue weighted by atomic mass is 10.0. The highest BCUT2D eigenvalue weighted by Crippen LogP contribution is 2.16. The van der Waals surface area contributed by atoms with Crippen molar-refractivity contribution in [2.75, 3.05) is 7.05 Å². The fraction of sp³-hybridized carbons (Fsp3) is 0.412. The van der Waals surface area contributed by atoms with Gasteiger partial charge in [0.15, 0.2) is 6.10 Å². The molecule has 9 heteroatoms. The predicted molar refractivity (Wildman–Crippen MR) is 98.4 cm³/mol. The maximum atomic E-state index is 12.4. The lowest BCUT2D eigenvalue weighted by Gasteiger charge is -2.23. The first kappa shape index (κ1) is 21.6. The molecule has 142 valence electrons. The monoisotopic (exact) mass is 427 g/mol. The molecule has 0 saturated carbocycles. The summed E-state index contributed by atoms with van der Waals surface area (Å²) in [6.45, 7) is 4.81. The number of carbonyl (C=O) groups excluding carboxylic acids is 4. The van der Waals surface area contributed by atoms with E-state index in [2.05, 4.69) is 26.6 Å². The van der Waals surface area contributed by atoms with Gasteiger partial charge in [0, 0.05) is 11.5 Å². The third-order valence-corrected chi connectivity index (χ3v) is 4.14. The Morgan fingerprint density at radius 3 is 2.23 bits per heavy atom. The van der Waals surface area contributed by atoms with Crippen molar-refractivity contribution in [2.24, 2.45) is 5.92 Å². The van der Waals surface area contributed by atoms with Gasteiger partial charge in [0.2, 0.25) is 0 Å². The molecule has 0 aliphatic carbocycles. The Morgan fingerprint density at radius 1 is 1.08 bits per heavy atom. The van der Waals surface area contributed by atoms with Crippen LogP contribution in [0.15, 0.2) is 28.7 Å². The van der Waals surface area contributed by atoms with Crippen molar-refractivity contribution < 1.29 is 23.9 Å². The molecule has 1 unspecified atom stereocenters. The molecule has 0 spiro atoms. The largest absolute Gasteiger partial charge is 0.451 e. The number of benzene rings is 1. The van der Waals surface area contributed by atoms with E-state index in [0.29, 0.717) is 10.0 Å². The highest BCUT2D eigenvalue weighted by Gasteiger charge is 2.30. The number of imide groups is 1. The number of urea groups is 1. The Balaban J connectivity index is 2.78. The molecule has 4 amide bonds. The van der Waals surface area contributed by atoms with E-state index in [1.54, 1.807) is 38.1 Å². The zero-order chi connectivity index (χ0) is 19.9. The maximum absolute atomic E-state index is 12.4. The van der Waals surface area contributed by atoms with E-state index < -0.39 is 36.0 Å². The molecular formula is C17H22BrN3O5. The molecule has 8 nitrogen and oxygen atoms in total. The Hall–Kier alpha value is -2.42. The van der Waals surface area contributed by atoms with Crippen molar-refractivity contribution in [3.05, 3.63) is 34.3 Å². The summed E-state index contributed by atoms with van der Waals surface area (Å²) in [5.41, 5.74) is 0.372. The van der Waals surface area contributed by atoms with Crippen LogP contribution < -0.4 is 16.0 Å². The molecule has 0 fully saturated rings. The molecule has 0 aromatic heterocycles. The Bertz CT molecular complexity index is 693. The van der Waals surface area contributed by atoms with Gasteiger partial charge in [-0.15, -0.1) is 0 Å². The van der Waals surface area contributed by atoms with Crippen LogP contribution in [0.1, 0.15) is 31.1 Å². The lowest BCUT2D eigenvalue weighted by molar-refractivity contribution is -0.157. The third-order valence-electron chi connectivity index (χ3n) is 3.45. The number of ether oxygens (including phenoxy) is 1. The fourth-order valence-electron chi connectivity index (χ4n) is 1.94. The topological polar surface area (TPSA) is 114 Å². The van der Waals surface area contributed by atoms with Gasteiger partial charge in [-0.25, -0.2) is 9.59 Å². The molecule has 0 heterocycles. The molecule has 0 aliphatic rings. The summed E-state index contributed by atoms with van der Waals surface area (Å²) >= 11 is 3.28. The first-order valence-electron chi connectivity index (χ1n) is 7.95. The first-order valence-corrected chi connectivity index (χ1v) is 8.75. The normalized spacial score (nSPS) is 12.7. The quantitative estimate of drug-likeness (QED) is 0.596. The zero-order valence-corrected chi connectivity index (χ0v) is 16.5. The van der Waals surface area contributed by atoms with E-state index in [0.717, 1.165) is 0 Å². The molecule has 2 atom stereocenters. The average Bonchev–Trinajstić information content (AvgIpc) is 2.58. The van der Waals surface area contributed by atoms with Crippen LogP contribution in [0, 0.1) is 5.92 Å². The van der Waals surface area contributed by atoms with Crippen LogP contribution >= 0.6 is 15.9 Å². The molecule has 26 heavy (non-hydrogen) atoms. The zero-order valence-electron chi connectivity index (χ0n) is 15.0. The molecule has 0 saturated heterocycles. The molecule has 1 rings (SSSR count). The number of rotatable bonds is 6. The summed E-state index contributed by atoms with van der Waals surface area (Å²) in [6, 6.07) is 5.13. The van der Waals surface area contributed by atoms with Gasteiger partial charge in [-0.2, -0.15) is 0 Å². The highest BCUT2D eigenvalue weighted by atomic mass is 79.9. The molecule has 1 aromatic rings. The van der Waals surface area contributed by atoms with Gasteiger partial charge in [-0.3, -0.25) is 14.9 Å². The molecule has 0 aliphatic heterocycles. The number of hydrogen-bond acceptors (Lipinski definition) is 5. The van der Waals surface area contributed by atoms with Crippen LogP contribution in [0.2, 0.25) is 0 Å². The molecule has 3 N–H and O–H groups in total. The number of halogens is 1. The van der Waals surface area contributed by atoms with Crippen molar-refractivity contribution in [1.29, 1.82) is 0 Å². The smallest absolute Gasteiger partial charge is 0.329 e. The number of nitrogens with one attached hydrogen (secondary N) is 3. The van der Waals surface area contributed by atoms with E-state index in [4.69, 9.17) is 4.74 Å². The van der Waals surface area contributed by atoms with Gasteiger partial charge in [0.05, 0.1) is 5.56 Å². The number of carbonyl (C=O) groups is 4. The van der Waals surface area contributed by atoms with Crippen LogP contribution in [0.4, 0.5) is 4.79 Å². The first-order chi connectivity index (χ1) is 12.2. The predicted octanol–water partition coefficient (Wildman–Crippen LogP) is 1.59. The van der Waals surface area contributed by atoms with Crippen LogP contribution in [-0.4, -0.2) is 43.0 Å². The van der Waals surface area contributed by atoms with Crippen molar-refractivity contribution in [3.63, 3.8) is 0 Å². The van der Waals surface area contributed by atoms with E-state index in [1.165, 1.54) is 14.0 Å². The third kappa shape index (κ3) is 6.14. The fourth-order valence-corrected chi connectivity index (χ4v) is 2.40. The minimum Gasteiger partial charge on any atom is -0.451 e. The van der Waals surface area contributed by atoms with Gasteiger partial charge in [-0.1, -0.05) is 26.0 Å². The highest BCUT2D eigenvalue weighted by molar-refractivity contribution is 9.10. The Kier molecular flexibility index (Phi) is 8.24. The van der Waals surface area contributed by atoms with Crippen LogP contribution in [-0.2, 0) is 14.3 Å². The van der Waals surface area contributed by atoms with Crippen molar-refractivity contribution in [3.8, 4) is 0 Å².